The van der Waals surface area contributed by atoms with Crippen LogP contribution in [0.5, 0.6) is 0 Å². The molecule has 0 radical (unpaired) electrons. The third kappa shape index (κ3) is 7.77. The van der Waals surface area contributed by atoms with Gasteiger partial charge in [0.15, 0.2) is 0 Å². The molecule has 3 rings (SSSR count). The first-order chi connectivity index (χ1) is 16.0. The number of alkyl halides is 3. The van der Waals surface area contributed by atoms with Gasteiger partial charge in [-0.2, -0.15) is 13.2 Å². The van der Waals surface area contributed by atoms with Crippen molar-refractivity contribution in [2.24, 2.45) is 0 Å². The summed E-state index contributed by atoms with van der Waals surface area (Å²) in [5.74, 6) is -3.31. The van der Waals surface area contributed by atoms with E-state index in [0.717, 1.165) is 16.7 Å². The zero-order valence-corrected chi connectivity index (χ0v) is 21.4. The molecule has 6 nitrogen and oxygen atoms in total. The van der Waals surface area contributed by atoms with Crippen LogP contribution in [-0.2, 0) is 17.5 Å². The fraction of sp³-hybridized carbons (Fsp3) is 0.304. The number of hydrogen-bond donors (Lipinski definition) is 2. The van der Waals surface area contributed by atoms with Crippen LogP contribution in [0.2, 0.25) is 5.02 Å². The minimum Gasteiger partial charge on any atom is -0.550 e. The molecule has 2 N–H and O–H groups in total. The van der Waals surface area contributed by atoms with E-state index in [-0.39, 0.29) is 70.9 Å². The van der Waals surface area contributed by atoms with E-state index in [1.165, 1.54) is 18.2 Å². The number of hydrogen-bond acceptors (Lipinski definition) is 5. The third-order valence-corrected chi connectivity index (χ3v) is 5.30. The molecule has 182 valence electrons. The van der Waals surface area contributed by atoms with E-state index in [4.69, 9.17) is 11.6 Å². The summed E-state index contributed by atoms with van der Waals surface area (Å²) in [5.41, 5.74) is 0.567. The second-order valence-electron chi connectivity index (χ2n) is 7.71. The minimum atomic E-state index is -4.86. The van der Waals surface area contributed by atoms with Crippen LogP contribution in [0, 0.1) is 5.82 Å². The number of rotatable bonds is 9. The zero-order chi connectivity index (χ0) is 25.0. The van der Waals surface area contributed by atoms with Crippen molar-refractivity contribution in [1.29, 1.82) is 0 Å². The number of carboxylic acids is 1. The summed E-state index contributed by atoms with van der Waals surface area (Å²) >= 11 is 6.07. The van der Waals surface area contributed by atoms with Crippen molar-refractivity contribution in [2.45, 2.75) is 44.2 Å². The Morgan fingerprint density at radius 2 is 1.74 bits per heavy atom. The topological polar surface area (TPSA) is 98.4 Å². The van der Waals surface area contributed by atoms with Crippen LogP contribution in [0.1, 0.15) is 25.1 Å². The van der Waals surface area contributed by atoms with Crippen LogP contribution in [0.15, 0.2) is 48.5 Å². The number of carboxylic acid groups (broad SMARTS) is 1. The molecule has 0 bridgehead atoms. The smallest absolute Gasteiger partial charge is 0.550 e. The van der Waals surface area contributed by atoms with Gasteiger partial charge in [-0.3, -0.25) is 0 Å². The van der Waals surface area contributed by atoms with E-state index in [0.29, 0.717) is 5.56 Å². The van der Waals surface area contributed by atoms with Gasteiger partial charge in [0.1, 0.15) is 5.82 Å². The second kappa shape index (κ2) is 12.3. The monoisotopic (exact) mass is 522 g/mol. The molecule has 12 heteroatoms. The second-order valence-corrected chi connectivity index (χ2v) is 8.14. The zero-order valence-electron chi connectivity index (χ0n) is 18.6. The van der Waals surface area contributed by atoms with E-state index < -0.39 is 42.4 Å². The first-order valence-corrected chi connectivity index (χ1v) is 10.6. The molecule has 0 unspecified atom stereocenters. The maximum atomic E-state index is 14.0. The average Bonchev–Trinajstić information content (AvgIpc) is 3.12. The Bertz CT molecular complexity index is 1160. The normalized spacial score (nSPS) is 13.2. The number of nitrogens with zero attached hydrogens (tertiary/aromatic N) is 2. The fourth-order valence-electron chi connectivity index (χ4n) is 3.61. The van der Waals surface area contributed by atoms with Gasteiger partial charge in [0.25, 0.3) is 0 Å². The van der Waals surface area contributed by atoms with Crippen LogP contribution in [-0.4, -0.2) is 37.9 Å². The molecule has 0 aliphatic carbocycles. The molecule has 0 saturated heterocycles. The van der Waals surface area contributed by atoms with Crippen molar-refractivity contribution >= 4 is 17.6 Å². The van der Waals surface area contributed by atoms with Gasteiger partial charge in [-0.25, -0.2) is 9.37 Å². The molecule has 1 aromatic heterocycles. The van der Waals surface area contributed by atoms with Crippen molar-refractivity contribution in [3.05, 3.63) is 65.2 Å². The summed E-state index contributed by atoms with van der Waals surface area (Å²) in [7, 11) is 0. The number of aliphatic hydroxyl groups is 2. The van der Waals surface area contributed by atoms with E-state index in [1.54, 1.807) is 18.2 Å². The van der Waals surface area contributed by atoms with Gasteiger partial charge < -0.3 is 24.7 Å². The summed E-state index contributed by atoms with van der Waals surface area (Å²) in [6.07, 6.45) is -8.86. The van der Waals surface area contributed by atoms with Gasteiger partial charge in [-0.05, 0) is 49.2 Å². The maximum Gasteiger partial charge on any atom is 1.00 e. The molecule has 2 aromatic carbocycles. The predicted octanol–water partition coefficient (Wildman–Crippen LogP) is 0.674. The summed E-state index contributed by atoms with van der Waals surface area (Å²) in [6.45, 7) is -0.357. The Hall–Kier alpha value is -1.95. The molecule has 0 aliphatic heterocycles. The average molecular weight is 523 g/mol. The molecular formula is C23H20ClF4N2NaO4. The molecule has 0 amide bonds. The quantitative estimate of drug-likeness (QED) is 0.318. The van der Waals surface area contributed by atoms with Crippen molar-refractivity contribution in [3.63, 3.8) is 0 Å². The van der Waals surface area contributed by atoms with Gasteiger partial charge in [0, 0.05) is 35.1 Å². The molecule has 35 heavy (non-hydrogen) atoms. The maximum absolute atomic E-state index is 14.0. The number of halogens is 5. The summed E-state index contributed by atoms with van der Waals surface area (Å²) in [4.78, 5) is 14.4. The molecule has 0 fully saturated rings. The summed E-state index contributed by atoms with van der Waals surface area (Å²) in [5, 5.41) is 30.7. The van der Waals surface area contributed by atoms with Gasteiger partial charge in [0.05, 0.1) is 23.6 Å². The summed E-state index contributed by atoms with van der Waals surface area (Å²) in [6, 6.07) is 10.9. The van der Waals surface area contributed by atoms with E-state index in [1.807, 2.05) is 0 Å². The largest absolute Gasteiger partial charge is 1.00 e. The number of aromatic nitrogens is 2. The van der Waals surface area contributed by atoms with Crippen molar-refractivity contribution in [3.8, 4) is 22.5 Å². The van der Waals surface area contributed by atoms with Crippen LogP contribution in [0.4, 0.5) is 17.6 Å². The van der Waals surface area contributed by atoms with Gasteiger partial charge in [0.2, 0.25) is 5.82 Å². The molecular weight excluding hydrogens is 503 g/mol. The number of imidazole rings is 1. The third-order valence-electron chi connectivity index (χ3n) is 5.07. The number of carbonyl (C=O) groups is 1. The predicted molar refractivity (Wildman–Crippen MR) is 114 cm³/mol. The molecule has 0 saturated carbocycles. The van der Waals surface area contributed by atoms with Crippen LogP contribution >= 0.6 is 11.6 Å². The molecule has 0 spiro atoms. The molecule has 1 heterocycles. The van der Waals surface area contributed by atoms with Crippen LogP contribution < -0.4 is 34.7 Å². The standard InChI is InChI=1S/C23H21ClF4N2O4.Na/c24-15-3-1-2-14(10-15)21-20(13-4-6-16(25)7-5-13)29-22(23(26,27)28)30(21)9-8-17(31)11-18(32)12-19(33)34;/h1-7,10,17-18,31-32H,8-9,11-12H2,(H,33,34);/q;+1/p-1/t17-,18-;/m1./s1. The van der Waals surface area contributed by atoms with E-state index in [9.17, 15) is 37.7 Å². The number of carbonyl (C=O) groups excluding carboxylic acids is 1. The Kier molecular flexibility index (Phi) is 10.3. The number of aliphatic carboxylic acids is 1. The van der Waals surface area contributed by atoms with Gasteiger partial charge in [-0.1, -0.05) is 23.7 Å². The first kappa shape index (κ1) is 29.3. The Morgan fingerprint density at radius 1 is 1.09 bits per heavy atom. The number of aliphatic hydroxyl groups excluding tert-OH is 2. The Labute approximate surface area is 225 Å². The van der Waals surface area contributed by atoms with E-state index in [2.05, 4.69) is 4.98 Å². The molecule has 2 atom stereocenters. The van der Waals surface area contributed by atoms with Gasteiger partial charge in [-0.15, -0.1) is 0 Å². The Morgan fingerprint density at radius 3 is 2.31 bits per heavy atom. The van der Waals surface area contributed by atoms with Crippen LogP contribution in [0.3, 0.4) is 0 Å². The van der Waals surface area contributed by atoms with Crippen molar-refractivity contribution in [2.75, 3.05) is 0 Å². The molecule has 3 aromatic rings. The Balaban J connectivity index is 0.00000432. The van der Waals surface area contributed by atoms with Crippen molar-refractivity contribution in [1.82, 2.24) is 9.55 Å². The SMILES string of the molecule is O=C([O-])C[C@H](O)C[C@H](O)CCn1c(C(F)(F)F)nc(-c2ccc(F)cc2)c1-c1cccc(Cl)c1.[Na+]. The first-order valence-electron chi connectivity index (χ1n) is 10.2. The van der Waals surface area contributed by atoms with E-state index >= 15 is 0 Å². The summed E-state index contributed by atoms with van der Waals surface area (Å²) < 4.78 is 56.2. The minimum absolute atomic E-state index is 0. The van der Waals surface area contributed by atoms with Gasteiger partial charge >= 0.3 is 35.7 Å². The molecule has 0 aliphatic rings. The van der Waals surface area contributed by atoms with Crippen LogP contribution in [0.25, 0.3) is 22.5 Å². The fourth-order valence-corrected chi connectivity index (χ4v) is 3.80. The number of benzene rings is 2. The van der Waals surface area contributed by atoms with Crippen molar-refractivity contribution < 1.29 is 67.2 Å².